The van der Waals surface area contributed by atoms with Crippen LogP contribution < -0.4 is 10.6 Å². The van der Waals surface area contributed by atoms with Crippen molar-refractivity contribution in [3.8, 4) is 0 Å². The maximum atomic E-state index is 5.67. The molecule has 0 saturated carbocycles. The SMILES string of the molecule is C=C(C)C1OCCC1CNC1=NCCCN1.I. The molecular formula is C12H22IN3O. The van der Waals surface area contributed by atoms with Crippen LogP contribution >= 0.6 is 24.0 Å². The van der Waals surface area contributed by atoms with E-state index < -0.39 is 0 Å². The molecule has 2 atom stereocenters. The third-order valence-electron chi connectivity index (χ3n) is 3.13. The highest BCUT2D eigenvalue weighted by Gasteiger charge is 2.28. The quantitative estimate of drug-likeness (QED) is 0.599. The summed E-state index contributed by atoms with van der Waals surface area (Å²) in [5.41, 5.74) is 1.13. The lowest BCUT2D eigenvalue weighted by molar-refractivity contribution is 0.119. The lowest BCUT2D eigenvalue weighted by Crippen LogP contribution is -2.43. The summed E-state index contributed by atoms with van der Waals surface area (Å²) in [7, 11) is 0. The van der Waals surface area contributed by atoms with Gasteiger partial charge in [-0.15, -0.1) is 24.0 Å². The molecule has 5 heteroatoms. The van der Waals surface area contributed by atoms with Crippen LogP contribution in [0.15, 0.2) is 17.1 Å². The van der Waals surface area contributed by atoms with E-state index in [0.717, 1.165) is 50.6 Å². The van der Waals surface area contributed by atoms with E-state index in [1.54, 1.807) is 0 Å². The van der Waals surface area contributed by atoms with Crippen LogP contribution in [-0.2, 0) is 4.74 Å². The predicted molar refractivity (Wildman–Crippen MR) is 81.0 cm³/mol. The average Bonchev–Trinajstić information content (AvgIpc) is 2.76. The van der Waals surface area contributed by atoms with Crippen LogP contribution in [-0.4, -0.2) is 38.3 Å². The van der Waals surface area contributed by atoms with Gasteiger partial charge in [0.05, 0.1) is 6.10 Å². The molecule has 0 radical (unpaired) electrons. The van der Waals surface area contributed by atoms with Crippen LogP contribution in [0.4, 0.5) is 0 Å². The van der Waals surface area contributed by atoms with Crippen molar-refractivity contribution in [2.24, 2.45) is 10.9 Å². The Balaban J connectivity index is 0.00000144. The van der Waals surface area contributed by atoms with Gasteiger partial charge in [0.2, 0.25) is 0 Å². The molecule has 0 aromatic carbocycles. The van der Waals surface area contributed by atoms with Crippen LogP contribution in [0.2, 0.25) is 0 Å². The van der Waals surface area contributed by atoms with Gasteiger partial charge in [-0.2, -0.15) is 0 Å². The number of ether oxygens (including phenoxy) is 1. The molecule has 17 heavy (non-hydrogen) atoms. The van der Waals surface area contributed by atoms with Gasteiger partial charge in [-0.3, -0.25) is 4.99 Å². The summed E-state index contributed by atoms with van der Waals surface area (Å²) in [4.78, 5) is 4.39. The first-order valence-electron chi connectivity index (χ1n) is 6.06. The molecule has 4 nitrogen and oxygen atoms in total. The molecule has 2 N–H and O–H groups in total. The molecule has 1 fully saturated rings. The van der Waals surface area contributed by atoms with Gasteiger partial charge in [-0.25, -0.2) is 0 Å². The Hall–Kier alpha value is -0.300. The van der Waals surface area contributed by atoms with Crippen molar-refractivity contribution in [3.05, 3.63) is 12.2 Å². The van der Waals surface area contributed by atoms with E-state index in [2.05, 4.69) is 22.2 Å². The number of rotatable bonds is 3. The van der Waals surface area contributed by atoms with Gasteiger partial charge < -0.3 is 15.4 Å². The molecule has 2 heterocycles. The Morgan fingerprint density at radius 2 is 2.47 bits per heavy atom. The van der Waals surface area contributed by atoms with Gasteiger partial charge in [0.1, 0.15) is 0 Å². The Bertz CT molecular complexity index is 293. The zero-order valence-electron chi connectivity index (χ0n) is 10.4. The second-order valence-corrected chi connectivity index (χ2v) is 4.58. The van der Waals surface area contributed by atoms with Gasteiger partial charge in [0.25, 0.3) is 0 Å². The van der Waals surface area contributed by atoms with Crippen LogP contribution in [0.25, 0.3) is 0 Å². The van der Waals surface area contributed by atoms with Gasteiger partial charge in [-0.05, 0) is 19.8 Å². The number of nitrogens with zero attached hydrogens (tertiary/aromatic N) is 1. The highest BCUT2D eigenvalue weighted by molar-refractivity contribution is 14.0. The van der Waals surface area contributed by atoms with E-state index in [1.165, 1.54) is 0 Å². The molecular weight excluding hydrogens is 329 g/mol. The van der Waals surface area contributed by atoms with Gasteiger partial charge >= 0.3 is 0 Å². The zero-order chi connectivity index (χ0) is 11.4. The molecule has 0 spiro atoms. The highest BCUT2D eigenvalue weighted by Crippen LogP contribution is 2.24. The molecule has 1 saturated heterocycles. The van der Waals surface area contributed by atoms with E-state index in [4.69, 9.17) is 4.74 Å². The van der Waals surface area contributed by atoms with E-state index >= 15 is 0 Å². The van der Waals surface area contributed by atoms with Crippen molar-refractivity contribution in [3.63, 3.8) is 0 Å². The molecule has 2 aliphatic rings. The molecule has 98 valence electrons. The number of nitrogens with one attached hydrogen (secondary N) is 2. The first kappa shape index (κ1) is 14.8. The van der Waals surface area contributed by atoms with Crippen molar-refractivity contribution in [1.29, 1.82) is 0 Å². The second kappa shape index (κ2) is 7.20. The Morgan fingerprint density at radius 3 is 3.12 bits per heavy atom. The standard InChI is InChI=1S/C12H21N3O.HI/c1-9(2)11-10(4-7-16-11)8-15-12-13-5-3-6-14-12;/h10-11H,1,3-8H2,2H3,(H2,13,14,15);1H. The molecule has 0 aromatic rings. The second-order valence-electron chi connectivity index (χ2n) is 4.58. The lowest BCUT2D eigenvalue weighted by Gasteiger charge is -2.22. The topological polar surface area (TPSA) is 45.6 Å². The Labute approximate surface area is 120 Å². The number of guanidine groups is 1. The molecule has 2 aliphatic heterocycles. The first-order chi connectivity index (χ1) is 7.77. The van der Waals surface area contributed by atoms with E-state index in [9.17, 15) is 0 Å². The summed E-state index contributed by atoms with van der Waals surface area (Å²) in [6.45, 7) is 9.75. The molecule has 0 bridgehead atoms. The Kier molecular flexibility index (Phi) is 6.26. The molecule has 2 rings (SSSR count). The fraction of sp³-hybridized carbons (Fsp3) is 0.750. The highest BCUT2D eigenvalue weighted by atomic mass is 127. The normalized spacial score (nSPS) is 27.7. The molecule has 2 unspecified atom stereocenters. The molecule has 0 amide bonds. The summed E-state index contributed by atoms with van der Waals surface area (Å²) in [6.07, 6.45) is 2.46. The van der Waals surface area contributed by atoms with Crippen molar-refractivity contribution in [2.45, 2.75) is 25.9 Å². The lowest BCUT2D eigenvalue weighted by atomic mass is 9.97. The summed E-state index contributed by atoms with van der Waals surface area (Å²) in [5, 5.41) is 6.63. The minimum absolute atomic E-state index is 0. The van der Waals surface area contributed by atoms with Crippen molar-refractivity contribution < 1.29 is 4.74 Å². The maximum absolute atomic E-state index is 5.67. The average molecular weight is 351 g/mol. The van der Waals surface area contributed by atoms with Gasteiger partial charge in [0, 0.05) is 32.2 Å². The minimum atomic E-state index is 0. The first-order valence-corrected chi connectivity index (χ1v) is 6.06. The fourth-order valence-electron chi connectivity index (χ4n) is 2.27. The summed E-state index contributed by atoms with van der Waals surface area (Å²) in [5.74, 6) is 1.47. The number of hydrogen-bond donors (Lipinski definition) is 2. The van der Waals surface area contributed by atoms with Crippen molar-refractivity contribution in [1.82, 2.24) is 10.6 Å². The summed E-state index contributed by atoms with van der Waals surface area (Å²) < 4.78 is 5.67. The summed E-state index contributed by atoms with van der Waals surface area (Å²) in [6, 6.07) is 0. The monoisotopic (exact) mass is 351 g/mol. The number of halogens is 1. The largest absolute Gasteiger partial charge is 0.374 e. The fourth-order valence-corrected chi connectivity index (χ4v) is 2.27. The van der Waals surface area contributed by atoms with Crippen LogP contribution in [0.5, 0.6) is 0 Å². The van der Waals surface area contributed by atoms with Crippen LogP contribution in [0.3, 0.4) is 0 Å². The third kappa shape index (κ3) is 4.13. The van der Waals surface area contributed by atoms with E-state index in [1.807, 2.05) is 6.92 Å². The Morgan fingerprint density at radius 1 is 1.65 bits per heavy atom. The number of aliphatic imine (C=N–C) groups is 1. The third-order valence-corrected chi connectivity index (χ3v) is 3.13. The molecule has 0 aromatic heterocycles. The van der Waals surface area contributed by atoms with Crippen molar-refractivity contribution >= 4 is 29.9 Å². The van der Waals surface area contributed by atoms with Gasteiger partial charge in [-0.1, -0.05) is 12.2 Å². The minimum Gasteiger partial charge on any atom is -0.374 e. The van der Waals surface area contributed by atoms with Crippen LogP contribution in [0.1, 0.15) is 19.8 Å². The van der Waals surface area contributed by atoms with Gasteiger partial charge in [0.15, 0.2) is 5.96 Å². The summed E-state index contributed by atoms with van der Waals surface area (Å²) >= 11 is 0. The molecule has 0 aliphatic carbocycles. The maximum Gasteiger partial charge on any atom is 0.191 e. The zero-order valence-corrected chi connectivity index (χ0v) is 12.7. The van der Waals surface area contributed by atoms with Crippen LogP contribution in [0, 0.1) is 5.92 Å². The van der Waals surface area contributed by atoms with E-state index in [0.29, 0.717) is 5.92 Å². The van der Waals surface area contributed by atoms with E-state index in [-0.39, 0.29) is 30.1 Å². The smallest absolute Gasteiger partial charge is 0.191 e. The number of hydrogen-bond acceptors (Lipinski definition) is 4. The van der Waals surface area contributed by atoms with Crippen molar-refractivity contribution in [2.75, 3.05) is 26.2 Å². The predicted octanol–water partition coefficient (Wildman–Crippen LogP) is 1.52.